The molecule has 1 aliphatic rings. The first-order valence-corrected chi connectivity index (χ1v) is 7.32. The molecular formula is C15H25N3O. The highest BCUT2D eigenvalue weighted by Gasteiger charge is 2.31. The Morgan fingerprint density at radius 3 is 2.63 bits per heavy atom. The van der Waals surface area contributed by atoms with Crippen LogP contribution in [0.25, 0.3) is 0 Å². The number of aliphatic hydroxyl groups is 1. The van der Waals surface area contributed by atoms with E-state index in [9.17, 15) is 5.11 Å². The van der Waals surface area contributed by atoms with E-state index in [0.29, 0.717) is 5.92 Å². The Bertz CT molecular complexity index is 400. The predicted octanol–water partition coefficient (Wildman–Crippen LogP) is 2.95. The van der Waals surface area contributed by atoms with Crippen molar-refractivity contribution < 1.29 is 5.11 Å². The first kappa shape index (κ1) is 14.3. The molecule has 0 bridgehead atoms. The van der Waals surface area contributed by atoms with Gasteiger partial charge in [-0.15, -0.1) is 0 Å². The van der Waals surface area contributed by atoms with Gasteiger partial charge in [0.1, 0.15) is 12.1 Å². The highest BCUT2D eigenvalue weighted by molar-refractivity contribution is 5.36. The smallest absolute Gasteiger partial charge is 0.129 e. The molecule has 19 heavy (non-hydrogen) atoms. The molecule has 2 rings (SSSR count). The van der Waals surface area contributed by atoms with Crippen molar-refractivity contribution in [3.63, 3.8) is 0 Å². The van der Waals surface area contributed by atoms with E-state index in [2.05, 4.69) is 29.1 Å². The van der Waals surface area contributed by atoms with Crippen molar-refractivity contribution in [3.05, 3.63) is 18.1 Å². The Morgan fingerprint density at radius 2 is 2.00 bits per heavy atom. The lowest BCUT2D eigenvalue weighted by Gasteiger charge is -2.35. The molecule has 106 valence electrons. The van der Waals surface area contributed by atoms with Crippen LogP contribution in [0, 0.1) is 5.41 Å². The Morgan fingerprint density at radius 1 is 1.26 bits per heavy atom. The van der Waals surface area contributed by atoms with Crippen LogP contribution in [0.15, 0.2) is 12.4 Å². The normalized spacial score (nSPS) is 18.5. The second-order valence-electron chi connectivity index (χ2n) is 6.06. The lowest BCUT2D eigenvalue weighted by molar-refractivity contribution is 0.0943. The van der Waals surface area contributed by atoms with Crippen LogP contribution in [0.3, 0.4) is 0 Å². The number of rotatable bonds is 5. The molecule has 0 unspecified atom stereocenters. The summed E-state index contributed by atoms with van der Waals surface area (Å²) in [5.74, 6) is 1.28. The Kier molecular flexibility index (Phi) is 4.75. The molecule has 1 aliphatic carbocycles. The van der Waals surface area contributed by atoms with Crippen LogP contribution in [0.2, 0.25) is 0 Å². The summed E-state index contributed by atoms with van der Waals surface area (Å²) < 4.78 is 0. The van der Waals surface area contributed by atoms with Crippen LogP contribution in [0.5, 0.6) is 0 Å². The largest absolute Gasteiger partial charge is 0.396 e. The van der Waals surface area contributed by atoms with Gasteiger partial charge >= 0.3 is 0 Å². The molecule has 2 N–H and O–H groups in total. The summed E-state index contributed by atoms with van der Waals surface area (Å²) in [4.78, 5) is 8.54. The Labute approximate surface area is 115 Å². The van der Waals surface area contributed by atoms with Gasteiger partial charge in [-0.3, -0.25) is 0 Å². The average molecular weight is 263 g/mol. The highest BCUT2D eigenvalue weighted by atomic mass is 16.3. The molecule has 0 saturated heterocycles. The summed E-state index contributed by atoms with van der Waals surface area (Å²) in [6.45, 7) is 5.32. The van der Waals surface area contributed by atoms with Gasteiger partial charge in [0, 0.05) is 23.7 Å². The van der Waals surface area contributed by atoms with Gasteiger partial charge < -0.3 is 10.4 Å². The lowest BCUT2D eigenvalue weighted by atomic mass is 9.74. The average Bonchev–Trinajstić information content (AvgIpc) is 2.46. The number of hydrogen-bond donors (Lipinski definition) is 2. The minimum Gasteiger partial charge on any atom is -0.396 e. The van der Waals surface area contributed by atoms with Gasteiger partial charge in [-0.1, -0.05) is 33.1 Å². The van der Waals surface area contributed by atoms with Crippen molar-refractivity contribution in [3.8, 4) is 0 Å². The Balaban J connectivity index is 1.99. The van der Waals surface area contributed by atoms with Crippen LogP contribution >= 0.6 is 0 Å². The summed E-state index contributed by atoms with van der Waals surface area (Å²) in [6.07, 6.45) is 7.58. The zero-order valence-electron chi connectivity index (χ0n) is 12.0. The summed E-state index contributed by atoms with van der Waals surface area (Å²) in [5, 5.41) is 13.1. The SMILES string of the molecule is CC(C)c1cc(NCC2(CO)CCCCC2)ncn1. The fourth-order valence-corrected chi connectivity index (χ4v) is 2.76. The van der Waals surface area contributed by atoms with E-state index >= 15 is 0 Å². The molecule has 0 amide bonds. The lowest BCUT2D eigenvalue weighted by Crippen LogP contribution is -2.35. The monoisotopic (exact) mass is 263 g/mol. The summed E-state index contributed by atoms with van der Waals surface area (Å²) in [5.41, 5.74) is 1.10. The van der Waals surface area contributed by atoms with Gasteiger partial charge in [-0.05, 0) is 18.8 Å². The molecule has 0 spiro atoms. The summed E-state index contributed by atoms with van der Waals surface area (Å²) in [7, 11) is 0. The van der Waals surface area contributed by atoms with E-state index in [1.807, 2.05) is 6.07 Å². The molecule has 1 saturated carbocycles. The van der Waals surface area contributed by atoms with Gasteiger partial charge in [0.25, 0.3) is 0 Å². The molecule has 1 fully saturated rings. The fourth-order valence-electron chi connectivity index (χ4n) is 2.76. The van der Waals surface area contributed by atoms with E-state index in [1.54, 1.807) is 6.33 Å². The van der Waals surface area contributed by atoms with Crippen molar-refractivity contribution in [2.24, 2.45) is 5.41 Å². The topological polar surface area (TPSA) is 58.0 Å². The molecule has 1 heterocycles. The fraction of sp³-hybridized carbons (Fsp3) is 0.733. The van der Waals surface area contributed by atoms with E-state index in [4.69, 9.17) is 0 Å². The minimum absolute atomic E-state index is 0.0429. The van der Waals surface area contributed by atoms with Crippen molar-refractivity contribution in [2.45, 2.75) is 51.9 Å². The van der Waals surface area contributed by atoms with Crippen LogP contribution in [0.1, 0.15) is 57.6 Å². The zero-order valence-corrected chi connectivity index (χ0v) is 12.0. The molecule has 0 aromatic carbocycles. The molecule has 0 aliphatic heterocycles. The molecular weight excluding hydrogens is 238 g/mol. The van der Waals surface area contributed by atoms with E-state index < -0.39 is 0 Å². The third-order valence-electron chi connectivity index (χ3n) is 4.17. The maximum absolute atomic E-state index is 9.69. The van der Waals surface area contributed by atoms with Gasteiger partial charge in [-0.25, -0.2) is 9.97 Å². The quantitative estimate of drug-likeness (QED) is 0.857. The number of aliphatic hydroxyl groups excluding tert-OH is 1. The van der Waals surface area contributed by atoms with Gasteiger partial charge in [-0.2, -0.15) is 0 Å². The van der Waals surface area contributed by atoms with Crippen molar-refractivity contribution in [1.29, 1.82) is 0 Å². The number of nitrogens with zero attached hydrogens (tertiary/aromatic N) is 2. The summed E-state index contributed by atoms with van der Waals surface area (Å²) >= 11 is 0. The van der Waals surface area contributed by atoms with E-state index in [0.717, 1.165) is 30.9 Å². The van der Waals surface area contributed by atoms with Gasteiger partial charge in [0.15, 0.2) is 0 Å². The zero-order chi connectivity index (χ0) is 13.7. The summed E-state index contributed by atoms with van der Waals surface area (Å²) in [6, 6.07) is 2.01. The number of nitrogens with one attached hydrogen (secondary N) is 1. The third kappa shape index (κ3) is 3.66. The number of anilines is 1. The van der Waals surface area contributed by atoms with Crippen LogP contribution < -0.4 is 5.32 Å². The molecule has 1 aromatic rings. The molecule has 0 atom stereocenters. The number of hydrogen-bond acceptors (Lipinski definition) is 4. The van der Waals surface area contributed by atoms with Crippen molar-refractivity contribution in [1.82, 2.24) is 9.97 Å². The molecule has 4 nitrogen and oxygen atoms in total. The second kappa shape index (κ2) is 6.33. The Hall–Kier alpha value is -1.16. The van der Waals surface area contributed by atoms with E-state index in [-0.39, 0.29) is 12.0 Å². The van der Waals surface area contributed by atoms with E-state index in [1.165, 1.54) is 19.3 Å². The van der Waals surface area contributed by atoms with Crippen LogP contribution in [0.4, 0.5) is 5.82 Å². The maximum atomic E-state index is 9.69. The maximum Gasteiger partial charge on any atom is 0.129 e. The third-order valence-corrected chi connectivity index (χ3v) is 4.17. The van der Waals surface area contributed by atoms with Crippen LogP contribution in [-0.4, -0.2) is 28.2 Å². The molecule has 4 heteroatoms. The minimum atomic E-state index is 0.0429. The molecule has 0 radical (unpaired) electrons. The predicted molar refractivity (Wildman–Crippen MR) is 77.2 cm³/mol. The van der Waals surface area contributed by atoms with Crippen LogP contribution in [-0.2, 0) is 0 Å². The first-order valence-electron chi connectivity index (χ1n) is 7.32. The molecule has 1 aromatic heterocycles. The van der Waals surface area contributed by atoms with Crippen molar-refractivity contribution in [2.75, 3.05) is 18.5 Å². The second-order valence-corrected chi connectivity index (χ2v) is 6.06. The standard InChI is InChI=1S/C15H25N3O/c1-12(2)13-8-14(18-11-17-13)16-9-15(10-19)6-4-3-5-7-15/h8,11-12,19H,3-7,9-10H2,1-2H3,(H,16,17,18). The van der Waals surface area contributed by atoms with Gasteiger partial charge in [0.05, 0.1) is 6.61 Å². The van der Waals surface area contributed by atoms with Gasteiger partial charge in [0.2, 0.25) is 0 Å². The first-order chi connectivity index (χ1) is 9.15. The number of aromatic nitrogens is 2. The van der Waals surface area contributed by atoms with Crippen molar-refractivity contribution >= 4 is 5.82 Å². The highest BCUT2D eigenvalue weighted by Crippen LogP contribution is 2.35.